The summed E-state index contributed by atoms with van der Waals surface area (Å²) in [4.78, 5) is 51.6. The fourth-order valence-corrected chi connectivity index (χ4v) is 11.3. The number of nitrogens with one attached hydrogen (secondary N) is 1. The molecule has 6 heterocycles. The molecule has 19 nitrogen and oxygen atoms in total. The van der Waals surface area contributed by atoms with Crippen LogP contribution in [-0.2, 0) is 10.0 Å². The molecule has 23 heteroatoms. The molecule has 0 aliphatic carbocycles. The van der Waals surface area contributed by atoms with E-state index in [2.05, 4.69) is 46.9 Å². The average molecular weight is 1220 g/mol. The second-order valence-electron chi connectivity index (χ2n) is 21.4. The van der Waals surface area contributed by atoms with Crippen molar-refractivity contribution in [2.45, 2.75) is 20.8 Å². The van der Waals surface area contributed by atoms with E-state index in [1.54, 1.807) is 95.0 Å². The van der Waals surface area contributed by atoms with E-state index >= 15 is 0 Å². The van der Waals surface area contributed by atoms with Crippen LogP contribution in [0.2, 0.25) is 0 Å². The summed E-state index contributed by atoms with van der Waals surface area (Å²) in [6, 6.07) is 48.5. The lowest BCUT2D eigenvalue weighted by Crippen LogP contribution is -2.49. The second kappa shape index (κ2) is 27.2. The number of aromatic nitrogens is 6. The quantitative estimate of drug-likeness (QED) is 0.123. The zero-order chi connectivity index (χ0) is 62.1. The minimum Gasteiger partial charge on any atom is -0.495 e. The van der Waals surface area contributed by atoms with Crippen LogP contribution in [0.15, 0.2) is 170 Å². The molecular weight excluding hydrogens is 1150 g/mol. The molecule has 0 unspecified atom stereocenters. The zero-order valence-electron chi connectivity index (χ0n) is 49.5. The van der Waals surface area contributed by atoms with E-state index in [1.807, 2.05) is 78.2 Å². The van der Waals surface area contributed by atoms with Crippen LogP contribution in [0.5, 0.6) is 5.75 Å². The molecule has 88 heavy (non-hydrogen) atoms. The van der Waals surface area contributed by atoms with Gasteiger partial charge in [-0.3, -0.25) is 19.1 Å². The molecule has 9 aromatic rings. The minimum atomic E-state index is -3.32. The number of halogens is 3. The van der Waals surface area contributed by atoms with Gasteiger partial charge in [-0.15, -0.1) is 0 Å². The Kier molecular flexibility index (Phi) is 18.9. The third kappa shape index (κ3) is 14.8. The lowest BCUT2D eigenvalue weighted by atomic mass is 10.2. The topological polar surface area (TPSA) is 180 Å². The third-order valence-electron chi connectivity index (χ3n) is 15.1. The van der Waals surface area contributed by atoms with Crippen LogP contribution in [0, 0.1) is 38.2 Å². The summed E-state index contributed by atoms with van der Waals surface area (Å²) in [5, 5.41) is 13.2. The molecule has 3 aliphatic heterocycles. The number of amides is 3. The van der Waals surface area contributed by atoms with Crippen LogP contribution in [-0.4, -0.2) is 162 Å². The predicted octanol–water partition coefficient (Wildman–Crippen LogP) is 9.23. The number of anilines is 4. The number of hydrogen-bond acceptors (Lipinski definition) is 12. The van der Waals surface area contributed by atoms with Crippen molar-refractivity contribution >= 4 is 50.5 Å². The molecule has 3 aliphatic rings. The van der Waals surface area contributed by atoms with Gasteiger partial charge >= 0.3 is 0 Å². The molecule has 0 spiro atoms. The first-order valence-electron chi connectivity index (χ1n) is 28.7. The summed E-state index contributed by atoms with van der Waals surface area (Å²) >= 11 is 0. The summed E-state index contributed by atoms with van der Waals surface area (Å²) in [6.45, 7) is 13.3. The number of nitrogens with zero attached hydrogens (tertiary/aromatic N) is 12. The van der Waals surface area contributed by atoms with Crippen molar-refractivity contribution in [3.05, 3.63) is 221 Å². The van der Waals surface area contributed by atoms with E-state index < -0.39 is 10.0 Å². The highest BCUT2D eigenvalue weighted by Crippen LogP contribution is 2.30. The zero-order valence-corrected chi connectivity index (χ0v) is 50.3. The highest BCUT2D eigenvalue weighted by atomic mass is 32.2. The molecule has 12 rings (SSSR count). The summed E-state index contributed by atoms with van der Waals surface area (Å²) < 4.78 is 75.5. The van der Waals surface area contributed by atoms with E-state index in [0.717, 1.165) is 60.9 Å². The van der Waals surface area contributed by atoms with Crippen molar-refractivity contribution in [2.24, 2.45) is 0 Å². The monoisotopic (exact) mass is 1220 g/mol. The van der Waals surface area contributed by atoms with Crippen molar-refractivity contribution in [2.75, 3.05) is 111 Å². The maximum Gasteiger partial charge on any atom is 0.272 e. The first-order valence-corrected chi connectivity index (χ1v) is 30.6. The van der Waals surface area contributed by atoms with Crippen LogP contribution < -0.4 is 24.2 Å². The first-order chi connectivity index (χ1) is 42.4. The third-order valence-corrected chi connectivity index (χ3v) is 15.7. The standard InChI is InChI=1S/C22H24FN5O3S.C22H23FN4O2.C21H21FN4O/c1-16-14-21(28(24-16)20-5-3-4-17(23)15-20)22(29)27-12-10-26(11-13-27)19-8-6-18(7-9-19)25-32(2,30)31;1-16-15-20(27(24-16)18-9-7-17(23)8-10-18)22(28)26-13-11-25(12-14-26)19-5-3-4-6-21(19)29-2;1-16-15-20(26(23-16)19-9-7-17(22)8-10-19)21(27)25-13-11-24(12-14-25)18-5-3-2-4-6-18/h3-9,14-15,25H,10-13H2,1-2H3;3-10,15H,11-14H2,1-2H3;2-10,15H,11-14H2,1H3. The Labute approximate surface area is 509 Å². The van der Waals surface area contributed by atoms with E-state index in [9.17, 15) is 36.0 Å². The van der Waals surface area contributed by atoms with Crippen LogP contribution in [0.4, 0.5) is 35.9 Å². The first kappa shape index (κ1) is 61.2. The average Bonchev–Trinajstić information content (AvgIpc) is 4.46. The number of hydrogen-bond donors (Lipinski definition) is 1. The molecular formula is C65H68F3N13O6S. The largest absolute Gasteiger partial charge is 0.495 e. The maximum atomic E-state index is 13.7. The van der Waals surface area contributed by atoms with E-state index in [-0.39, 0.29) is 35.2 Å². The van der Waals surface area contributed by atoms with Gasteiger partial charge in [0.1, 0.15) is 40.3 Å². The molecule has 3 aromatic heterocycles. The summed E-state index contributed by atoms with van der Waals surface area (Å²) in [7, 11) is -1.65. The van der Waals surface area contributed by atoms with E-state index in [0.29, 0.717) is 97.9 Å². The maximum absolute atomic E-state index is 13.7. The highest BCUT2D eigenvalue weighted by Gasteiger charge is 2.30. The number of sulfonamides is 1. The van der Waals surface area contributed by atoms with Crippen molar-refractivity contribution in [1.29, 1.82) is 0 Å². The van der Waals surface area contributed by atoms with Crippen molar-refractivity contribution < 1.29 is 40.7 Å². The number of rotatable bonds is 12. The van der Waals surface area contributed by atoms with Crippen LogP contribution in [0.25, 0.3) is 17.1 Å². The van der Waals surface area contributed by atoms with E-state index in [1.165, 1.54) is 46.8 Å². The predicted molar refractivity (Wildman–Crippen MR) is 333 cm³/mol. The molecule has 0 bridgehead atoms. The molecule has 0 saturated carbocycles. The van der Waals surface area contributed by atoms with Crippen LogP contribution in [0.1, 0.15) is 48.5 Å². The Bertz CT molecular complexity index is 3990. The molecule has 456 valence electrons. The van der Waals surface area contributed by atoms with Gasteiger partial charge in [-0.05, 0) is 154 Å². The van der Waals surface area contributed by atoms with Crippen molar-refractivity contribution in [3.63, 3.8) is 0 Å². The number of para-hydroxylation sites is 3. The Hall–Kier alpha value is -9.90. The molecule has 3 saturated heterocycles. The Balaban J connectivity index is 0.000000146. The lowest BCUT2D eigenvalue weighted by molar-refractivity contribution is 0.0730. The fraction of sp³-hybridized carbons (Fsp3) is 0.262. The van der Waals surface area contributed by atoms with Gasteiger partial charge in [-0.2, -0.15) is 15.3 Å². The van der Waals surface area contributed by atoms with Crippen molar-refractivity contribution in [1.82, 2.24) is 44.0 Å². The highest BCUT2D eigenvalue weighted by molar-refractivity contribution is 7.92. The second-order valence-corrected chi connectivity index (χ2v) is 23.2. The molecule has 6 aromatic carbocycles. The van der Waals surface area contributed by atoms with Crippen LogP contribution in [0.3, 0.4) is 0 Å². The number of aryl methyl sites for hydroxylation is 3. The molecule has 0 atom stereocenters. The minimum absolute atomic E-state index is 0.0485. The Morgan fingerprint density at radius 3 is 1.22 bits per heavy atom. The molecule has 1 N–H and O–H groups in total. The Morgan fingerprint density at radius 2 is 0.795 bits per heavy atom. The number of piperazine rings is 3. The molecule has 3 fully saturated rings. The van der Waals surface area contributed by atoms with Gasteiger partial charge in [-0.1, -0.05) is 36.4 Å². The summed E-state index contributed by atoms with van der Waals surface area (Å²) in [5.41, 5.74) is 9.09. The smallest absolute Gasteiger partial charge is 0.272 e. The number of ether oxygens (including phenoxy) is 1. The van der Waals surface area contributed by atoms with E-state index in [4.69, 9.17) is 4.74 Å². The number of benzene rings is 6. The van der Waals surface area contributed by atoms with Gasteiger partial charge in [0, 0.05) is 95.6 Å². The number of carbonyl (C=O) groups excluding carboxylic acids is 3. The lowest BCUT2D eigenvalue weighted by Gasteiger charge is -2.36. The van der Waals surface area contributed by atoms with Gasteiger partial charge in [0.15, 0.2) is 0 Å². The van der Waals surface area contributed by atoms with Gasteiger partial charge in [0.2, 0.25) is 10.0 Å². The number of carbonyl (C=O) groups is 3. The molecule has 3 amide bonds. The Morgan fingerprint density at radius 1 is 0.420 bits per heavy atom. The SMILES string of the molecule is COc1ccccc1N1CCN(C(=O)c2cc(C)nn2-c2ccc(F)cc2)CC1.Cc1cc(C(=O)N2CCN(c3ccc(NS(C)(=O)=O)cc3)CC2)n(-c2cccc(F)c2)n1.Cc1cc(C(=O)N2CCN(c3ccccc3)CC2)n(-c2ccc(F)cc2)n1. The van der Waals surface area contributed by atoms with Gasteiger partial charge in [0.25, 0.3) is 17.7 Å². The normalized spacial score (nSPS) is 14.4. The summed E-state index contributed by atoms with van der Waals surface area (Å²) in [5.74, 6) is -0.465. The van der Waals surface area contributed by atoms with Gasteiger partial charge in [-0.25, -0.2) is 35.6 Å². The number of methoxy groups -OCH3 is 1. The summed E-state index contributed by atoms with van der Waals surface area (Å²) in [6.07, 6.45) is 1.11. The fourth-order valence-electron chi connectivity index (χ4n) is 10.8. The van der Waals surface area contributed by atoms with Gasteiger partial charge in [0.05, 0.1) is 53.2 Å². The van der Waals surface area contributed by atoms with Crippen LogP contribution >= 0.6 is 0 Å². The molecule has 0 radical (unpaired) electrons. The van der Waals surface area contributed by atoms with Crippen molar-refractivity contribution in [3.8, 4) is 22.8 Å². The van der Waals surface area contributed by atoms with Gasteiger partial charge < -0.3 is 34.1 Å².